The molecular weight excluding hydrogens is 514 g/mol. The molecule has 3 N–H and O–H groups in total. The van der Waals surface area contributed by atoms with Crippen LogP contribution in [0.2, 0.25) is 0 Å². The lowest BCUT2D eigenvalue weighted by molar-refractivity contribution is -0.124. The lowest BCUT2D eigenvalue weighted by atomic mass is 9.90. The number of nitrogens with zero attached hydrogens (tertiary/aromatic N) is 2. The molecule has 1 aliphatic carbocycles. The average molecular weight is 558 g/mol. The SMILES string of the molecule is CCC(=O)CCCCC[C@H](NC(=O)[C@H]1CC12CCN(CC)CC2)c1ncc(-c2ccc(-c3ccccc3)[nH]c2=O)[nH]1. The van der Waals surface area contributed by atoms with E-state index in [0.29, 0.717) is 35.7 Å². The Bertz CT molecular complexity index is 1390. The second-order valence-corrected chi connectivity index (χ2v) is 11.8. The Kier molecular flexibility index (Phi) is 9.18. The van der Waals surface area contributed by atoms with Crippen LogP contribution in [0.1, 0.15) is 83.5 Å². The lowest BCUT2D eigenvalue weighted by Gasteiger charge is -2.32. The number of ketones is 1. The molecule has 0 unspecified atom stereocenters. The average Bonchev–Trinajstić information content (AvgIpc) is 3.47. The quantitative estimate of drug-likeness (QED) is 0.236. The van der Waals surface area contributed by atoms with E-state index in [-0.39, 0.29) is 28.8 Å². The second-order valence-electron chi connectivity index (χ2n) is 11.8. The van der Waals surface area contributed by atoms with Crippen LogP contribution in [0.5, 0.6) is 0 Å². The molecular formula is C33H43N5O3. The summed E-state index contributed by atoms with van der Waals surface area (Å²) in [5.74, 6) is 1.14. The number of imidazole rings is 1. The van der Waals surface area contributed by atoms with Gasteiger partial charge in [0.1, 0.15) is 11.6 Å². The first kappa shape index (κ1) is 29.0. The number of nitrogens with one attached hydrogen (secondary N) is 3. The molecule has 218 valence electrons. The first-order valence-corrected chi connectivity index (χ1v) is 15.3. The van der Waals surface area contributed by atoms with Crippen LogP contribution in [-0.2, 0) is 9.59 Å². The number of benzene rings is 1. The van der Waals surface area contributed by atoms with E-state index < -0.39 is 0 Å². The van der Waals surface area contributed by atoms with Crippen LogP contribution < -0.4 is 10.9 Å². The normalized spacial score (nSPS) is 18.7. The molecule has 8 heteroatoms. The number of amides is 1. The first-order valence-electron chi connectivity index (χ1n) is 15.3. The topological polar surface area (TPSA) is 111 Å². The van der Waals surface area contributed by atoms with Gasteiger partial charge in [0.15, 0.2) is 0 Å². The van der Waals surface area contributed by atoms with Gasteiger partial charge >= 0.3 is 0 Å². The summed E-state index contributed by atoms with van der Waals surface area (Å²) in [6.45, 7) is 7.30. The van der Waals surface area contributed by atoms with Gasteiger partial charge in [-0.15, -0.1) is 0 Å². The number of hydrogen-bond acceptors (Lipinski definition) is 5. The van der Waals surface area contributed by atoms with Crippen LogP contribution in [0.4, 0.5) is 0 Å². The number of unbranched alkanes of at least 4 members (excludes halogenated alkanes) is 2. The van der Waals surface area contributed by atoms with Gasteiger partial charge in [0.2, 0.25) is 5.91 Å². The summed E-state index contributed by atoms with van der Waals surface area (Å²) in [4.78, 5) is 51.6. The molecule has 1 saturated heterocycles. The van der Waals surface area contributed by atoms with Gasteiger partial charge < -0.3 is 20.2 Å². The number of Topliss-reactive ketones (excluding diaryl/α,β-unsaturated/α-hetero) is 1. The molecule has 8 nitrogen and oxygen atoms in total. The molecule has 2 aliphatic rings. The van der Waals surface area contributed by atoms with Crippen LogP contribution in [0.3, 0.4) is 0 Å². The van der Waals surface area contributed by atoms with Crippen molar-refractivity contribution in [3.63, 3.8) is 0 Å². The van der Waals surface area contributed by atoms with Crippen LogP contribution in [0, 0.1) is 11.3 Å². The van der Waals surface area contributed by atoms with E-state index >= 15 is 0 Å². The van der Waals surface area contributed by atoms with Crippen LogP contribution >= 0.6 is 0 Å². The van der Waals surface area contributed by atoms with Crippen molar-refractivity contribution in [1.29, 1.82) is 0 Å². The monoisotopic (exact) mass is 557 g/mol. The second kappa shape index (κ2) is 13.0. The van der Waals surface area contributed by atoms with Crippen LogP contribution in [-0.4, -0.2) is 51.2 Å². The summed E-state index contributed by atoms with van der Waals surface area (Å²) in [7, 11) is 0. The number of carbonyl (C=O) groups is 2. The minimum Gasteiger partial charge on any atom is -0.346 e. The van der Waals surface area contributed by atoms with E-state index in [1.165, 1.54) is 0 Å². The Morgan fingerprint density at radius 2 is 1.80 bits per heavy atom. The summed E-state index contributed by atoms with van der Waals surface area (Å²) < 4.78 is 0. The first-order chi connectivity index (χ1) is 19.9. The highest BCUT2D eigenvalue weighted by atomic mass is 16.2. The number of aromatic amines is 2. The molecule has 0 radical (unpaired) electrons. The van der Waals surface area contributed by atoms with Crippen LogP contribution in [0.15, 0.2) is 53.5 Å². The fraction of sp³-hybridized carbons (Fsp3) is 0.515. The van der Waals surface area contributed by atoms with Crippen molar-refractivity contribution in [1.82, 2.24) is 25.2 Å². The van der Waals surface area contributed by atoms with E-state index in [1.54, 1.807) is 6.20 Å². The van der Waals surface area contributed by atoms with Gasteiger partial charge in [-0.2, -0.15) is 0 Å². The molecule has 1 aliphatic heterocycles. The third kappa shape index (κ3) is 6.87. The van der Waals surface area contributed by atoms with Gasteiger partial charge in [-0.3, -0.25) is 14.4 Å². The van der Waals surface area contributed by atoms with Gasteiger partial charge in [0.05, 0.1) is 23.5 Å². The molecule has 3 heterocycles. The molecule has 41 heavy (non-hydrogen) atoms. The molecule has 0 bridgehead atoms. The lowest BCUT2D eigenvalue weighted by Crippen LogP contribution is -2.37. The minimum atomic E-state index is -0.269. The number of pyridine rings is 1. The molecule has 2 fully saturated rings. The Balaban J connectivity index is 1.28. The highest BCUT2D eigenvalue weighted by molar-refractivity contribution is 5.83. The number of rotatable bonds is 13. The van der Waals surface area contributed by atoms with E-state index in [1.807, 2.05) is 49.4 Å². The fourth-order valence-electron chi connectivity index (χ4n) is 6.28. The number of aromatic nitrogens is 3. The van der Waals surface area contributed by atoms with Gasteiger partial charge in [-0.1, -0.05) is 57.0 Å². The third-order valence-corrected chi connectivity index (χ3v) is 9.17. The molecule has 2 atom stereocenters. The van der Waals surface area contributed by atoms with Crippen molar-refractivity contribution in [2.45, 2.75) is 77.7 Å². The Labute approximate surface area is 242 Å². The molecule has 5 rings (SSSR count). The van der Waals surface area contributed by atoms with Gasteiger partial charge in [0.25, 0.3) is 5.56 Å². The smallest absolute Gasteiger partial charge is 0.257 e. The van der Waals surface area contributed by atoms with E-state index in [4.69, 9.17) is 0 Å². The molecule has 2 aromatic heterocycles. The minimum absolute atomic E-state index is 0.0639. The predicted molar refractivity (Wildman–Crippen MR) is 161 cm³/mol. The Morgan fingerprint density at radius 3 is 2.51 bits per heavy atom. The Morgan fingerprint density at radius 1 is 1.02 bits per heavy atom. The highest BCUT2D eigenvalue weighted by Crippen LogP contribution is 2.59. The number of hydrogen-bond donors (Lipinski definition) is 3. The zero-order valence-corrected chi connectivity index (χ0v) is 24.4. The van der Waals surface area contributed by atoms with Crippen molar-refractivity contribution >= 4 is 11.7 Å². The maximum Gasteiger partial charge on any atom is 0.257 e. The number of H-pyrrole nitrogens is 2. The summed E-state index contributed by atoms with van der Waals surface area (Å²) >= 11 is 0. The van der Waals surface area contributed by atoms with Crippen molar-refractivity contribution < 1.29 is 9.59 Å². The molecule has 1 spiro atoms. The molecule has 1 aromatic carbocycles. The van der Waals surface area contributed by atoms with E-state index in [0.717, 1.165) is 75.8 Å². The van der Waals surface area contributed by atoms with Gasteiger partial charge in [-0.25, -0.2) is 4.98 Å². The zero-order valence-electron chi connectivity index (χ0n) is 24.4. The van der Waals surface area contributed by atoms with Gasteiger partial charge in [-0.05, 0) is 74.8 Å². The number of piperidine rings is 1. The molecule has 1 saturated carbocycles. The maximum atomic E-state index is 13.5. The Hall–Kier alpha value is -3.52. The summed E-state index contributed by atoms with van der Waals surface area (Å²) in [6, 6.07) is 13.2. The fourth-order valence-corrected chi connectivity index (χ4v) is 6.28. The maximum absolute atomic E-state index is 13.5. The zero-order chi connectivity index (χ0) is 28.8. The highest BCUT2D eigenvalue weighted by Gasteiger charge is 2.58. The number of carbonyl (C=O) groups excluding carboxylic acids is 2. The molecule has 3 aromatic rings. The van der Waals surface area contributed by atoms with Crippen molar-refractivity contribution in [3.05, 3.63) is 64.8 Å². The van der Waals surface area contributed by atoms with Gasteiger partial charge in [0, 0.05) is 24.5 Å². The molecule has 1 amide bonds. The number of likely N-dealkylation sites (tertiary alicyclic amines) is 1. The summed E-state index contributed by atoms with van der Waals surface area (Å²) in [5.41, 5.74) is 2.81. The largest absolute Gasteiger partial charge is 0.346 e. The van der Waals surface area contributed by atoms with E-state index in [2.05, 4.69) is 32.1 Å². The van der Waals surface area contributed by atoms with E-state index in [9.17, 15) is 14.4 Å². The van der Waals surface area contributed by atoms with Crippen LogP contribution in [0.25, 0.3) is 22.5 Å². The van der Waals surface area contributed by atoms with Crippen molar-refractivity contribution in [2.24, 2.45) is 11.3 Å². The van der Waals surface area contributed by atoms with Crippen molar-refractivity contribution in [2.75, 3.05) is 19.6 Å². The predicted octanol–water partition coefficient (Wildman–Crippen LogP) is 5.64. The summed E-state index contributed by atoms with van der Waals surface area (Å²) in [5, 5.41) is 3.31. The standard InChI is InChI=1S/C33H43N5O3/c1-3-24(39)13-9-6-10-14-28(37-32(41)26-21-33(26)17-19-38(4-2)20-18-33)30-34-22-29(35-30)25-15-16-27(36-31(25)40)23-11-7-5-8-12-23/h5,7-8,11-12,15-16,22,26,28H,3-4,6,9-10,13-14,17-21H2,1-2H3,(H,34,35)(H,36,40)(H,37,41)/t26-,28+/m1/s1. The van der Waals surface area contributed by atoms with Crippen molar-refractivity contribution in [3.8, 4) is 22.5 Å². The summed E-state index contributed by atoms with van der Waals surface area (Å²) in [6.07, 6.45) is 9.40. The third-order valence-electron chi connectivity index (χ3n) is 9.17.